The first-order valence-corrected chi connectivity index (χ1v) is 11.6. The van der Waals surface area contributed by atoms with Crippen molar-refractivity contribution in [1.82, 2.24) is 14.9 Å². The Labute approximate surface area is 188 Å². The van der Waals surface area contributed by atoms with Crippen molar-refractivity contribution in [2.75, 3.05) is 24.7 Å². The monoisotopic (exact) mass is 434 g/mol. The summed E-state index contributed by atoms with van der Waals surface area (Å²) in [4.78, 5) is 38.2. The molecule has 1 saturated heterocycles. The van der Waals surface area contributed by atoms with Crippen LogP contribution in [0, 0.1) is 5.92 Å². The molecule has 0 unspecified atom stereocenters. The lowest BCUT2D eigenvalue weighted by atomic mass is 10.0. The van der Waals surface area contributed by atoms with Gasteiger partial charge in [-0.2, -0.15) is 0 Å². The molecule has 7 heteroatoms. The number of aromatic nitrogens is 2. The zero-order valence-corrected chi connectivity index (χ0v) is 18.8. The van der Waals surface area contributed by atoms with E-state index in [9.17, 15) is 9.59 Å². The van der Waals surface area contributed by atoms with E-state index in [-0.39, 0.29) is 11.9 Å². The Balaban J connectivity index is 1.43. The molecule has 3 aliphatic rings. The smallest absolute Gasteiger partial charge is 0.220 e. The predicted molar refractivity (Wildman–Crippen MR) is 121 cm³/mol. The molecule has 0 radical (unpaired) electrons. The van der Waals surface area contributed by atoms with Crippen LogP contribution in [0.1, 0.15) is 49.9 Å². The third-order valence-electron chi connectivity index (χ3n) is 6.67. The van der Waals surface area contributed by atoms with Crippen LogP contribution in [0.4, 0.5) is 5.82 Å². The summed E-state index contributed by atoms with van der Waals surface area (Å²) in [5.41, 5.74) is 3.92. The number of hydrogen-bond donors (Lipinski definition) is 0. The van der Waals surface area contributed by atoms with Gasteiger partial charge < -0.3 is 14.5 Å². The Morgan fingerprint density at radius 3 is 2.59 bits per heavy atom. The molecule has 1 aromatic carbocycles. The molecule has 7 nitrogen and oxygen atoms in total. The number of morpholine rings is 1. The molecule has 1 amide bonds. The minimum Gasteiger partial charge on any atom is -0.377 e. The molecule has 1 aliphatic carbocycles. The maximum absolute atomic E-state index is 12.2. The molecule has 2 fully saturated rings. The van der Waals surface area contributed by atoms with Crippen LogP contribution in [0.2, 0.25) is 0 Å². The van der Waals surface area contributed by atoms with Crippen LogP contribution in [0.25, 0.3) is 11.4 Å². The van der Waals surface area contributed by atoms with Crippen molar-refractivity contribution < 1.29 is 14.3 Å². The average Bonchev–Trinajstić information content (AvgIpc) is 3.47. The summed E-state index contributed by atoms with van der Waals surface area (Å²) < 4.78 is 5.62. The number of ether oxygens (including phenoxy) is 1. The molecule has 0 N–H and O–H groups in total. The highest BCUT2D eigenvalue weighted by molar-refractivity contribution is 5.81. The van der Waals surface area contributed by atoms with Crippen molar-refractivity contribution in [2.45, 2.75) is 58.7 Å². The first kappa shape index (κ1) is 21.1. The molecular weight excluding hydrogens is 404 g/mol. The van der Waals surface area contributed by atoms with Gasteiger partial charge in [0.1, 0.15) is 11.6 Å². The van der Waals surface area contributed by atoms with E-state index in [2.05, 4.69) is 11.8 Å². The Morgan fingerprint density at radius 1 is 1.12 bits per heavy atom. The van der Waals surface area contributed by atoms with Crippen molar-refractivity contribution in [1.29, 1.82) is 0 Å². The summed E-state index contributed by atoms with van der Waals surface area (Å²) in [6.07, 6.45) is 3.60. The fourth-order valence-electron chi connectivity index (χ4n) is 4.58. The lowest BCUT2D eigenvalue weighted by molar-refractivity contribution is -0.129. The number of nitrogens with zero attached hydrogens (tertiary/aromatic N) is 4. The number of ketones is 1. The summed E-state index contributed by atoms with van der Waals surface area (Å²) in [5, 5.41) is 0. The predicted octanol–water partition coefficient (Wildman–Crippen LogP) is 3.14. The van der Waals surface area contributed by atoms with Crippen LogP contribution in [-0.2, 0) is 33.8 Å². The molecule has 0 bridgehead atoms. The first-order chi connectivity index (χ1) is 15.5. The summed E-state index contributed by atoms with van der Waals surface area (Å²) in [7, 11) is 0. The number of fused-ring (bicyclic) bond motifs is 1. The zero-order valence-electron chi connectivity index (χ0n) is 18.8. The van der Waals surface area contributed by atoms with E-state index in [4.69, 9.17) is 14.7 Å². The topological polar surface area (TPSA) is 75.6 Å². The van der Waals surface area contributed by atoms with Crippen LogP contribution in [0.5, 0.6) is 0 Å². The summed E-state index contributed by atoms with van der Waals surface area (Å²) in [6.45, 7) is 6.89. The lowest BCUT2D eigenvalue weighted by Gasteiger charge is -2.35. The van der Waals surface area contributed by atoms with E-state index < -0.39 is 0 Å². The summed E-state index contributed by atoms with van der Waals surface area (Å²) in [5.74, 6) is 2.57. The molecule has 2 aromatic rings. The van der Waals surface area contributed by atoms with Gasteiger partial charge in [0, 0.05) is 37.4 Å². The van der Waals surface area contributed by atoms with Gasteiger partial charge >= 0.3 is 0 Å². The second-order valence-electron chi connectivity index (χ2n) is 9.35. The third-order valence-corrected chi connectivity index (χ3v) is 6.67. The number of carbonyl (C=O) groups excluding carboxylic acids is 2. The van der Waals surface area contributed by atoms with Crippen LogP contribution < -0.4 is 4.90 Å². The molecular formula is C25H30N4O3. The van der Waals surface area contributed by atoms with Gasteiger partial charge in [0.15, 0.2) is 5.82 Å². The van der Waals surface area contributed by atoms with Gasteiger partial charge in [0.2, 0.25) is 5.91 Å². The number of Topliss-reactive ketones (excluding diaryl/α,β-unsaturated/α-hetero) is 1. The quantitative estimate of drug-likeness (QED) is 0.695. The van der Waals surface area contributed by atoms with Gasteiger partial charge in [0.05, 0.1) is 38.0 Å². The third kappa shape index (κ3) is 4.39. The number of carbonyl (C=O) groups is 2. The molecule has 32 heavy (non-hydrogen) atoms. The SMILES string of the molecule is CC(=O)N1Cc2nc(-c3ccc(CC(=O)CC4CC4)cc3)nc(N3CCOC[C@@H]3C)c2C1. The van der Waals surface area contributed by atoms with Crippen molar-refractivity contribution in [2.24, 2.45) is 5.92 Å². The number of hydrogen-bond acceptors (Lipinski definition) is 6. The van der Waals surface area contributed by atoms with Crippen molar-refractivity contribution in [3.05, 3.63) is 41.1 Å². The van der Waals surface area contributed by atoms with Gasteiger partial charge in [-0.25, -0.2) is 9.97 Å². The molecule has 2 aliphatic heterocycles. The van der Waals surface area contributed by atoms with Crippen LogP contribution in [0.15, 0.2) is 24.3 Å². The molecule has 1 saturated carbocycles. The van der Waals surface area contributed by atoms with E-state index in [1.807, 2.05) is 29.2 Å². The highest BCUT2D eigenvalue weighted by atomic mass is 16.5. The first-order valence-electron chi connectivity index (χ1n) is 11.6. The largest absolute Gasteiger partial charge is 0.377 e. The maximum Gasteiger partial charge on any atom is 0.220 e. The van der Waals surface area contributed by atoms with Crippen LogP contribution in [-0.4, -0.2) is 52.4 Å². The van der Waals surface area contributed by atoms with Crippen LogP contribution in [0.3, 0.4) is 0 Å². The second kappa shape index (κ2) is 8.62. The lowest BCUT2D eigenvalue weighted by Crippen LogP contribution is -2.44. The van der Waals surface area contributed by atoms with E-state index in [1.165, 1.54) is 12.8 Å². The second-order valence-corrected chi connectivity index (χ2v) is 9.35. The van der Waals surface area contributed by atoms with Gasteiger partial charge in [-0.05, 0) is 31.2 Å². The molecule has 1 aromatic heterocycles. The summed E-state index contributed by atoms with van der Waals surface area (Å²) >= 11 is 0. The molecule has 3 heterocycles. The number of benzene rings is 1. The zero-order chi connectivity index (χ0) is 22.2. The summed E-state index contributed by atoms with van der Waals surface area (Å²) in [6, 6.07) is 8.24. The highest BCUT2D eigenvalue weighted by Crippen LogP contribution is 2.34. The highest BCUT2D eigenvalue weighted by Gasteiger charge is 2.31. The van der Waals surface area contributed by atoms with Gasteiger partial charge in [-0.3, -0.25) is 9.59 Å². The maximum atomic E-state index is 12.2. The fraction of sp³-hybridized carbons (Fsp3) is 0.520. The van der Waals surface area contributed by atoms with Gasteiger partial charge in [-0.15, -0.1) is 0 Å². The van der Waals surface area contributed by atoms with Crippen molar-refractivity contribution in [3.8, 4) is 11.4 Å². The van der Waals surface area contributed by atoms with Crippen molar-refractivity contribution in [3.63, 3.8) is 0 Å². The average molecular weight is 435 g/mol. The van der Waals surface area contributed by atoms with E-state index >= 15 is 0 Å². The molecule has 0 spiro atoms. The normalized spacial score (nSPS) is 20.4. The van der Waals surface area contributed by atoms with Gasteiger partial charge in [-0.1, -0.05) is 24.3 Å². The molecule has 168 valence electrons. The standard InChI is InChI=1S/C25H30N4O3/c1-16-15-32-10-9-29(16)25-22-13-28(17(2)30)14-23(22)26-24(27-25)20-7-5-19(6-8-20)12-21(31)11-18-3-4-18/h5-8,16,18H,3-4,9-15H2,1-2H3/t16-/m0/s1. The number of anilines is 1. The molecule has 5 rings (SSSR count). The minimum atomic E-state index is 0.0470. The van der Waals surface area contributed by atoms with E-state index in [1.54, 1.807) is 6.92 Å². The molecule has 1 atom stereocenters. The van der Waals surface area contributed by atoms with Gasteiger partial charge in [0.25, 0.3) is 0 Å². The van der Waals surface area contributed by atoms with E-state index in [0.717, 1.165) is 34.7 Å². The van der Waals surface area contributed by atoms with Crippen molar-refractivity contribution >= 4 is 17.5 Å². The Bertz CT molecular complexity index is 1030. The minimum absolute atomic E-state index is 0.0470. The Kier molecular flexibility index (Phi) is 5.67. The fourth-order valence-corrected chi connectivity index (χ4v) is 4.58. The number of amides is 1. The van der Waals surface area contributed by atoms with Crippen LogP contribution >= 0.6 is 0 Å². The Hall–Kier alpha value is -2.80. The van der Waals surface area contributed by atoms with E-state index in [0.29, 0.717) is 56.7 Å². The number of rotatable bonds is 6. The Morgan fingerprint density at radius 2 is 1.91 bits per heavy atom.